The summed E-state index contributed by atoms with van der Waals surface area (Å²) < 4.78 is 5.23. The van der Waals surface area contributed by atoms with Crippen molar-refractivity contribution in [1.82, 2.24) is 0 Å². The molecule has 0 aromatic heterocycles. The third-order valence-electron chi connectivity index (χ3n) is 4.56. The second-order valence-corrected chi connectivity index (χ2v) is 14.2. The molecule has 0 aromatic carbocycles. The third-order valence-corrected chi connectivity index (χ3v) is 13.6. The van der Waals surface area contributed by atoms with Crippen molar-refractivity contribution in [2.24, 2.45) is 0 Å². The van der Waals surface area contributed by atoms with Gasteiger partial charge in [-0.15, -0.1) is 23.5 Å². The quantitative estimate of drug-likeness (QED) is 0.301. The molecule has 150 valence electrons. The fraction of sp³-hybridized carbons (Fsp3) is 0.600. The Morgan fingerprint density at radius 2 is 1.32 bits per heavy atom. The zero-order valence-corrected chi connectivity index (χ0v) is 20.9. The van der Waals surface area contributed by atoms with Crippen molar-refractivity contribution >= 4 is 70.6 Å². The molecule has 1 unspecified atom stereocenters. The monoisotopic (exact) mass is 484 g/mol. The predicted octanol–water partition coefficient (Wildman–Crippen LogP) is 8.84. The van der Waals surface area contributed by atoms with Crippen molar-refractivity contribution in [1.29, 1.82) is 10.5 Å². The van der Waals surface area contributed by atoms with Crippen LogP contribution in [-0.4, -0.2) is 11.0 Å². The highest BCUT2D eigenvalue weighted by atomic mass is 32.3. The summed E-state index contributed by atoms with van der Waals surface area (Å²) in [7, 11) is 0. The lowest BCUT2D eigenvalue weighted by molar-refractivity contribution is 0.565. The lowest BCUT2D eigenvalue weighted by Gasteiger charge is -2.21. The van der Waals surface area contributed by atoms with Crippen LogP contribution in [-0.2, 0) is 0 Å². The number of hydrogen-bond donors (Lipinski definition) is 0. The Morgan fingerprint density at radius 1 is 0.750 bits per heavy atom. The fourth-order valence-electron chi connectivity index (χ4n) is 3.05. The molecule has 0 fully saturated rings. The van der Waals surface area contributed by atoms with Crippen molar-refractivity contribution < 1.29 is 0 Å². The molecule has 0 spiro atoms. The van der Waals surface area contributed by atoms with E-state index >= 15 is 0 Å². The minimum Gasteiger partial charge on any atom is -0.192 e. The zero-order valence-electron chi connectivity index (χ0n) is 16.0. The Balaban J connectivity index is 1.39. The summed E-state index contributed by atoms with van der Waals surface area (Å²) in [6.07, 6.45) is 12.4. The highest BCUT2D eigenvalue weighted by Crippen LogP contribution is 2.65. The molecule has 2 nitrogen and oxygen atoms in total. The summed E-state index contributed by atoms with van der Waals surface area (Å²) in [6.45, 7) is 2.27. The fourth-order valence-corrected chi connectivity index (χ4v) is 12.0. The SMILES string of the molecule is CCCCCCCCCCC1CSC2=C(SC(=C3SC(C#N)=C(C#N)S3)S2)S1. The molecule has 0 saturated carbocycles. The second-order valence-electron chi connectivity index (χ2n) is 6.75. The summed E-state index contributed by atoms with van der Waals surface area (Å²) in [6, 6.07) is 4.32. The van der Waals surface area contributed by atoms with Gasteiger partial charge in [-0.2, -0.15) is 10.5 Å². The number of unbranched alkanes of at least 4 members (excludes halogenated alkanes) is 7. The smallest absolute Gasteiger partial charge is 0.115 e. The van der Waals surface area contributed by atoms with Gasteiger partial charge in [-0.3, -0.25) is 0 Å². The molecule has 0 saturated heterocycles. The molecule has 28 heavy (non-hydrogen) atoms. The zero-order chi connectivity index (χ0) is 19.8. The summed E-state index contributed by atoms with van der Waals surface area (Å²) in [4.78, 5) is 1.10. The van der Waals surface area contributed by atoms with Crippen molar-refractivity contribution in [3.8, 4) is 12.1 Å². The van der Waals surface area contributed by atoms with Gasteiger partial charge in [0.1, 0.15) is 21.9 Å². The first-order chi connectivity index (χ1) is 13.7. The Hall–Kier alpha value is 0.300. The van der Waals surface area contributed by atoms with Crippen LogP contribution in [0.25, 0.3) is 0 Å². The van der Waals surface area contributed by atoms with Gasteiger partial charge in [0, 0.05) is 11.0 Å². The lowest BCUT2D eigenvalue weighted by atomic mass is 10.1. The first kappa shape index (κ1) is 23.0. The van der Waals surface area contributed by atoms with Crippen LogP contribution in [0.3, 0.4) is 0 Å². The molecule has 3 aliphatic rings. The first-order valence-electron chi connectivity index (χ1n) is 9.79. The molecular formula is C20H24N2S6. The van der Waals surface area contributed by atoms with E-state index in [1.807, 2.05) is 35.3 Å². The van der Waals surface area contributed by atoms with Gasteiger partial charge < -0.3 is 0 Å². The van der Waals surface area contributed by atoms with E-state index < -0.39 is 0 Å². The summed E-state index contributed by atoms with van der Waals surface area (Å²) >= 11 is 10.7. The van der Waals surface area contributed by atoms with E-state index in [9.17, 15) is 10.5 Å². The molecule has 0 radical (unpaired) electrons. The largest absolute Gasteiger partial charge is 0.192 e. The van der Waals surface area contributed by atoms with E-state index in [2.05, 4.69) is 30.8 Å². The summed E-state index contributed by atoms with van der Waals surface area (Å²) in [5, 5.41) is 19.1. The summed E-state index contributed by atoms with van der Waals surface area (Å²) in [5.41, 5.74) is 0. The number of allylic oxidation sites excluding steroid dienone is 2. The van der Waals surface area contributed by atoms with Crippen LogP contribution in [0.4, 0.5) is 0 Å². The van der Waals surface area contributed by atoms with Crippen LogP contribution < -0.4 is 0 Å². The van der Waals surface area contributed by atoms with Crippen LogP contribution in [0.5, 0.6) is 0 Å². The average molecular weight is 485 g/mol. The summed E-state index contributed by atoms with van der Waals surface area (Å²) in [5.74, 6) is 1.21. The maximum absolute atomic E-state index is 9.20. The van der Waals surface area contributed by atoms with Crippen molar-refractivity contribution in [3.05, 3.63) is 26.8 Å². The number of rotatable bonds is 9. The van der Waals surface area contributed by atoms with Gasteiger partial charge in [-0.1, -0.05) is 105 Å². The molecule has 0 aromatic rings. The second kappa shape index (κ2) is 12.2. The normalized spacial score (nSPS) is 21.9. The molecule has 1 atom stereocenters. The van der Waals surface area contributed by atoms with Gasteiger partial charge in [-0.05, 0) is 6.42 Å². The van der Waals surface area contributed by atoms with Crippen LogP contribution in [0.2, 0.25) is 0 Å². The van der Waals surface area contributed by atoms with Gasteiger partial charge in [0.2, 0.25) is 0 Å². The Bertz CT molecular complexity index is 728. The van der Waals surface area contributed by atoms with Crippen molar-refractivity contribution in [2.75, 3.05) is 5.75 Å². The highest BCUT2D eigenvalue weighted by Gasteiger charge is 2.33. The minimum atomic E-state index is 0.550. The maximum Gasteiger partial charge on any atom is 0.115 e. The Labute approximate surface area is 194 Å². The standard InChI is InChI=1S/C20H24N2S6/c1-2-3-4-5-6-7-8-9-10-14-13-23-17-18(24-14)28-20(27-17)19-25-15(11-21)16(12-22)26-19/h14H,2-10,13H2,1H3. The van der Waals surface area contributed by atoms with E-state index in [4.69, 9.17) is 0 Å². The predicted molar refractivity (Wildman–Crippen MR) is 134 cm³/mol. The Kier molecular flexibility index (Phi) is 10.0. The van der Waals surface area contributed by atoms with Crippen molar-refractivity contribution in [2.45, 2.75) is 70.0 Å². The number of nitrogens with zero attached hydrogens (tertiary/aromatic N) is 2. The number of nitriles is 2. The van der Waals surface area contributed by atoms with Gasteiger partial charge in [0.25, 0.3) is 0 Å². The maximum atomic E-state index is 9.20. The topological polar surface area (TPSA) is 47.6 Å². The van der Waals surface area contributed by atoms with Crippen LogP contribution in [0.15, 0.2) is 26.8 Å². The van der Waals surface area contributed by atoms with Gasteiger partial charge in [0.05, 0.1) is 16.9 Å². The Morgan fingerprint density at radius 3 is 1.96 bits per heavy atom. The van der Waals surface area contributed by atoms with E-state index in [1.54, 1.807) is 0 Å². The van der Waals surface area contributed by atoms with E-state index in [0.29, 0.717) is 9.81 Å². The first-order valence-corrected chi connectivity index (χ1v) is 14.9. The average Bonchev–Trinajstić information content (AvgIpc) is 3.33. The molecular weight excluding hydrogens is 461 g/mol. The number of thioether (sulfide) groups is 6. The molecule has 3 heterocycles. The molecule has 8 heteroatoms. The van der Waals surface area contributed by atoms with Crippen LogP contribution >= 0.6 is 70.6 Å². The van der Waals surface area contributed by atoms with Gasteiger partial charge in [-0.25, -0.2) is 0 Å². The van der Waals surface area contributed by atoms with E-state index in [-0.39, 0.29) is 0 Å². The molecule has 3 aliphatic heterocycles. The molecule has 0 N–H and O–H groups in total. The van der Waals surface area contributed by atoms with Gasteiger partial charge >= 0.3 is 0 Å². The number of hydrogen-bond acceptors (Lipinski definition) is 8. The van der Waals surface area contributed by atoms with E-state index in [1.165, 1.54) is 99.8 Å². The van der Waals surface area contributed by atoms with Crippen LogP contribution in [0.1, 0.15) is 64.7 Å². The molecule has 3 rings (SSSR count). The molecule has 0 aliphatic carbocycles. The minimum absolute atomic E-state index is 0.550. The molecule has 0 amide bonds. The van der Waals surface area contributed by atoms with E-state index in [0.717, 1.165) is 9.49 Å². The highest BCUT2D eigenvalue weighted by molar-refractivity contribution is 8.43. The lowest BCUT2D eigenvalue weighted by Crippen LogP contribution is -2.09. The van der Waals surface area contributed by atoms with Crippen molar-refractivity contribution in [3.63, 3.8) is 0 Å². The van der Waals surface area contributed by atoms with Gasteiger partial charge in [0.15, 0.2) is 0 Å². The van der Waals surface area contributed by atoms with Crippen LogP contribution in [0, 0.1) is 22.7 Å². The third kappa shape index (κ3) is 6.40. The molecule has 0 bridgehead atoms.